The van der Waals surface area contributed by atoms with E-state index in [1.54, 1.807) is 6.07 Å². The van der Waals surface area contributed by atoms with Crippen molar-refractivity contribution >= 4 is 11.6 Å². The molecule has 0 saturated carbocycles. The zero-order chi connectivity index (χ0) is 15.2. The third-order valence-corrected chi connectivity index (χ3v) is 3.73. The van der Waals surface area contributed by atoms with Crippen LogP contribution in [0.2, 0.25) is 5.02 Å². The SMILES string of the molecule is Cc1ccc(Cl)c(OCCC(CN)c2cccc(F)c2)c1. The fourth-order valence-corrected chi connectivity index (χ4v) is 2.39. The van der Waals surface area contributed by atoms with Crippen LogP contribution in [0.5, 0.6) is 5.75 Å². The highest BCUT2D eigenvalue weighted by Crippen LogP contribution is 2.26. The van der Waals surface area contributed by atoms with E-state index >= 15 is 0 Å². The van der Waals surface area contributed by atoms with Gasteiger partial charge in [-0.3, -0.25) is 0 Å². The number of rotatable bonds is 6. The van der Waals surface area contributed by atoms with Crippen LogP contribution in [0.4, 0.5) is 4.39 Å². The van der Waals surface area contributed by atoms with E-state index in [1.165, 1.54) is 12.1 Å². The average Bonchev–Trinajstić information content (AvgIpc) is 2.47. The van der Waals surface area contributed by atoms with Gasteiger partial charge in [-0.15, -0.1) is 0 Å². The van der Waals surface area contributed by atoms with Gasteiger partial charge >= 0.3 is 0 Å². The van der Waals surface area contributed by atoms with Gasteiger partial charge in [0, 0.05) is 0 Å². The average molecular weight is 308 g/mol. The minimum atomic E-state index is -0.242. The van der Waals surface area contributed by atoms with Gasteiger partial charge in [0.15, 0.2) is 0 Å². The summed E-state index contributed by atoms with van der Waals surface area (Å²) >= 11 is 6.08. The van der Waals surface area contributed by atoms with E-state index in [-0.39, 0.29) is 11.7 Å². The van der Waals surface area contributed by atoms with Gasteiger partial charge in [0.25, 0.3) is 0 Å². The molecule has 2 rings (SSSR count). The Bertz CT molecular complexity index is 603. The number of ether oxygens (including phenoxy) is 1. The van der Waals surface area contributed by atoms with Crippen molar-refractivity contribution < 1.29 is 9.13 Å². The van der Waals surface area contributed by atoms with Crippen LogP contribution in [0.3, 0.4) is 0 Å². The van der Waals surface area contributed by atoms with E-state index in [4.69, 9.17) is 22.1 Å². The predicted molar refractivity (Wildman–Crippen MR) is 84.5 cm³/mol. The summed E-state index contributed by atoms with van der Waals surface area (Å²) in [4.78, 5) is 0. The quantitative estimate of drug-likeness (QED) is 0.863. The third-order valence-electron chi connectivity index (χ3n) is 3.42. The van der Waals surface area contributed by atoms with E-state index in [2.05, 4.69) is 0 Å². The highest BCUT2D eigenvalue weighted by molar-refractivity contribution is 6.32. The van der Waals surface area contributed by atoms with E-state index in [0.717, 1.165) is 11.1 Å². The van der Waals surface area contributed by atoms with Crippen molar-refractivity contribution in [3.8, 4) is 5.75 Å². The topological polar surface area (TPSA) is 35.2 Å². The molecule has 2 aromatic rings. The Balaban J connectivity index is 1.96. The van der Waals surface area contributed by atoms with Crippen molar-refractivity contribution in [2.75, 3.05) is 13.2 Å². The molecule has 21 heavy (non-hydrogen) atoms. The van der Waals surface area contributed by atoms with Gasteiger partial charge in [-0.2, -0.15) is 0 Å². The molecule has 4 heteroatoms. The van der Waals surface area contributed by atoms with Crippen LogP contribution in [0.25, 0.3) is 0 Å². The molecule has 0 fully saturated rings. The number of benzene rings is 2. The van der Waals surface area contributed by atoms with Crippen LogP contribution in [0.15, 0.2) is 42.5 Å². The lowest BCUT2D eigenvalue weighted by Gasteiger charge is -2.16. The summed E-state index contributed by atoms with van der Waals surface area (Å²) in [6, 6.07) is 12.2. The smallest absolute Gasteiger partial charge is 0.138 e. The molecule has 0 bridgehead atoms. The van der Waals surface area contributed by atoms with Crippen LogP contribution in [0, 0.1) is 12.7 Å². The molecular formula is C17H19ClFNO. The summed E-state index contributed by atoms with van der Waals surface area (Å²) in [7, 11) is 0. The fourth-order valence-electron chi connectivity index (χ4n) is 2.21. The Morgan fingerprint density at radius 3 is 2.76 bits per heavy atom. The van der Waals surface area contributed by atoms with Crippen LogP contribution < -0.4 is 10.5 Å². The van der Waals surface area contributed by atoms with Gasteiger partial charge in [-0.1, -0.05) is 29.8 Å². The number of hydrogen-bond acceptors (Lipinski definition) is 2. The lowest BCUT2D eigenvalue weighted by Crippen LogP contribution is -2.15. The molecule has 0 spiro atoms. The number of nitrogens with two attached hydrogens (primary N) is 1. The molecule has 1 atom stereocenters. The molecule has 0 saturated heterocycles. The molecule has 2 aromatic carbocycles. The minimum Gasteiger partial charge on any atom is -0.492 e. The molecule has 0 aliphatic rings. The Morgan fingerprint density at radius 2 is 2.05 bits per heavy atom. The summed E-state index contributed by atoms with van der Waals surface area (Å²) in [5.74, 6) is 0.504. The summed E-state index contributed by atoms with van der Waals surface area (Å²) < 4.78 is 19.0. The zero-order valence-electron chi connectivity index (χ0n) is 12.0. The van der Waals surface area contributed by atoms with Crippen molar-refractivity contribution in [2.45, 2.75) is 19.3 Å². The number of hydrogen-bond donors (Lipinski definition) is 1. The fraction of sp³-hybridized carbons (Fsp3) is 0.294. The molecule has 0 radical (unpaired) electrons. The van der Waals surface area contributed by atoms with Crippen molar-refractivity contribution in [2.24, 2.45) is 5.73 Å². The van der Waals surface area contributed by atoms with E-state index < -0.39 is 0 Å². The first-order valence-corrected chi connectivity index (χ1v) is 7.32. The maximum atomic E-state index is 13.3. The molecule has 0 aliphatic carbocycles. The Morgan fingerprint density at radius 1 is 1.24 bits per heavy atom. The molecule has 0 amide bonds. The lowest BCUT2D eigenvalue weighted by atomic mass is 9.96. The molecular weight excluding hydrogens is 289 g/mol. The zero-order valence-corrected chi connectivity index (χ0v) is 12.7. The maximum absolute atomic E-state index is 13.3. The highest BCUT2D eigenvalue weighted by Gasteiger charge is 2.11. The minimum absolute atomic E-state index is 0.0734. The molecule has 1 unspecified atom stereocenters. The molecule has 0 heterocycles. The second kappa shape index (κ2) is 7.43. The molecule has 2 N–H and O–H groups in total. The van der Waals surface area contributed by atoms with Crippen molar-refractivity contribution in [3.05, 3.63) is 64.4 Å². The van der Waals surface area contributed by atoms with Crippen LogP contribution in [-0.2, 0) is 0 Å². The monoisotopic (exact) mass is 307 g/mol. The maximum Gasteiger partial charge on any atom is 0.138 e. The first-order chi connectivity index (χ1) is 10.1. The van der Waals surface area contributed by atoms with Gasteiger partial charge in [0.2, 0.25) is 0 Å². The molecule has 0 aliphatic heterocycles. The second-order valence-corrected chi connectivity index (χ2v) is 5.47. The Kier molecular flexibility index (Phi) is 5.59. The summed E-state index contributed by atoms with van der Waals surface area (Å²) in [5.41, 5.74) is 7.78. The summed E-state index contributed by atoms with van der Waals surface area (Å²) in [6.45, 7) is 2.93. The van der Waals surface area contributed by atoms with Gasteiger partial charge in [0.05, 0.1) is 11.6 Å². The largest absolute Gasteiger partial charge is 0.492 e. The molecule has 112 valence electrons. The van der Waals surface area contributed by atoms with Crippen molar-refractivity contribution in [1.82, 2.24) is 0 Å². The first-order valence-electron chi connectivity index (χ1n) is 6.94. The van der Waals surface area contributed by atoms with Crippen LogP contribution >= 0.6 is 11.6 Å². The number of aryl methyl sites for hydroxylation is 1. The molecule has 2 nitrogen and oxygen atoms in total. The third kappa shape index (κ3) is 4.45. The second-order valence-electron chi connectivity index (χ2n) is 5.06. The normalized spacial score (nSPS) is 12.2. The van der Waals surface area contributed by atoms with Gasteiger partial charge in [-0.05, 0) is 61.2 Å². The van der Waals surface area contributed by atoms with Crippen molar-refractivity contribution in [3.63, 3.8) is 0 Å². The van der Waals surface area contributed by atoms with E-state index in [1.807, 2.05) is 31.2 Å². The standard InChI is InChI=1S/C17H19ClFNO/c1-12-5-6-16(18)17(9-12)21-8-7-14(11-20)13-3-2-4-15(19)10-13/h2-6,9-10,14H,7-8,11,20H2,1H3. The summed E-state index contributed by atoms with van der Waals surface area (Å²) in [6.07, 6.45) is 0.713. The lowest BCUT2D eigenvalue weighted by molar-refractivity contribution is 0.298. The van der Waals surface area contributed by atoms with Gasteiger partial charge < -0.3 is 10.5 Å². The van der Waals surface area contributed by atoms with Gasteiger partial charge in [-0.25, -0.2) is 4.39 Å². The van der Waals surface area contributed by atoms with Crippen LogP contribution in [0.1, 0.15) is 23.5 Å². The van der Waals surface area contributed by atoms with E-state index in [0.29, 0.717) is 30.3 Å². The Labute approximate surface area is 129 Å². The van der Waals surface area contributed by atoms with E-state index in [9.17, 15) is 4.39 Å². The number of halogens is 2. The van der Waals surface area contributed by atoms with Gasteiger partial charge in [0.1, 0.15) is 11.6 Å². The predicted octanol–water partition coefficient (Wildman–Crippen LogP) is 4.30. The summed E-state index contributed by atoms with van der Waals surface area (Å²) in [5, 5.41) is 0.593. The first kappa shape index (κ1) is 15.8. The van der Waals surface area contributed by atoms with Crippen LogP contribution in [-0.4, -0.2) is 13.2 Å². The van der Waals surface area contributed by atoms with Crippen molar-refractivity contribution in [1.29, 1.82) is 0 Å². The highest BCUT2D eigenvalue weighted by atomic mass is 35.5. The molecule has 0 aromatic heterocycles. The Hall–Kier alpha value is -1.58.